The summed E-state index contributed by atoms with van der Waals surface area (Å²) >= 11 is 0. The maximum absolute atomic E-state index is 12.3. The van der Waals surface area contributed by atoms with Gasteiger partial charge in [0.1, 0.15) is 5.78 Å². The van der Waals surface area contributed by atoms with Crippen LogP contribution in [0.5, 0.6) is 0 Å². The van der Waals surface area contributed by atoms with Gasteiger partial charge in [-0.3, -0.25) is 4.57 Å². The van der Waals surface area contributed by atoms with Gasteiger partial charge in [-0.25, -0.2) is 0 Å². The molecule has 5 heteroatoms. The lowest BCUT2D eigenvalue weighted by Crippen LogP contribution is -2.25. The largest absolute Gasteiger partial charge is 0.347 e. The molecule has 0 radical (unpaired) electrons. The molecule has 0 heterocycles. The van der Waals surface area contributed by atoms with Crippen molar-refractivity contribution >= 4 is 7.60 Å². The predicted molar refractivity (Wildman–Crippen MR) is 69.0 cm³/mol. The van der Waals surface area contributed by atoms with Crippen LogP contribution in [0.15, 0.2) is 30.3 Å². The Bertz CT molecular complexity index is 359. The van der Waals surface area contributed by atoms with Gasteiger partial charge in [0.15, 0.2) is 0 Å². The van der Waals surface area contributed by atoms with E-state index in [0.717, 1.165) is 5.56 Å². The van der Waals surface area contributed by atoms with Gasteiger partial charge in [0, 0.05) is 0 Å². The predicted octanol–water partition coefficient (Wildman–Crippen LogP) is 2.78. The summed E-state index contributed by atoms with van der Waals surface area (Å²) in [6.07, 6.45) is 0.484. The van der Waals surface area contributed by atoms with Crippen LogP contribution in [0.2, 0.25) is 0 Å². The van der Waals surface area contributed by atoms with Gasteiger partial charge in [-0.1, -0.05) is 30.3 Å². The Hall–Kier alpha value is -0.670. The van der Waals surface area contributed by atoms with Crippen LogP contribution >= 0.6 is 7.60 Å². The molecule has 1 atom stereocenters. The van der Waals surface area contributed by atoms with E-state index >= 15 is 0 Å². The molecule has 1 unspecified atom stereocenters. The number of rotatable bonds is 7. The van der Waals surface area contributed by atoms with Gasteiger partial charge in [0.05, 0.1) is 13.2 Å². The zero-order chi connectivity index (χ0) is 12.7. The van der Waals surface area contributed by atoms with Crippen molar-refractivity contribution in [1.82, 2.24) is 0 Å². The third-order valence-corrected chi connectivity index (χ3v) is 4.54. The summed E-state index contributed by atoms with van der Waals surface area (Å²) in [7, 11) is -3.20. The van der Waals surface area contributed by atoms with Crippen molar-refractivity contribution in [1.29, 1.82) is 0 Å². The number of hydrogen-bond acceptors (Lipinski definition) is 4. The molecule has 0 fully saturated rings. The van der Waals surface area contributed by atoms with Crippen LogP contribution in [0.1, 0.15) is 19.4 Å². The highest BCUT2D eigenvalue weighted by Gasteiger charge is 2.32. The third kappa shape index (κ3) is 4.25. The maximum atomic E-state index is 12.3. The lowest BCUT2D eigenvalue weighted by atomic mass is 10.2. The normalized spacial score (nSPS) is 13.6. The lowest BCUT2D eigenvalue weighted by molar-refractivity contribution is 0.212. The van der Waals surface area contributed by atoms with Crippen molar-refractivity contribution in [2.24, 2.45) is 5.73 Å². The molecule has 0 amide bonds. The molecule has 0 aliphatic carbocycles. The van der Waals surface area contributed by atoms with Crippen LogP contribution in [0.25, 0.3) is 0 Å². The third-order valence-electron chi connectivity index (χ3n) is 2.31. The Morgan fingerprint density at radius 3 is 2.18 bits per heavy atom. The second-order valence-electron chi connectivity index (χ2n) is 3.63. The van der Waals surface area contributed by atoms with Crippen molar-refractivity contribution in [2.75, 3.05) is 13.2 Å². The summed E-state index contributed by atoms with van der Waals surface area (Å²) in [4.78, 5) is 0. The van der Waals surface area contributed by atoms with Gasteiger partial charge in [-0.2, -0.15) is 0 Å². The molecule has 0 bridgehead atoms. The van der Waals surface area contributed by atoms with Gasteiger partial charge < -0.3 is 14.8 Å². The van der Waals surface area contributed by atoms with Crippen LogP contribution in [0.4, 0.5) is 0 Å². The summed E-state index contributed by atoms with van der Waals surface area (Å²) in [5, 5.41) is 0. The van der Waals surface area contributed by atoms with E-state index in [4.69, 9.17) is 14.8 Å². The van der Waals surface area contributed by atoms with Crippen molar-refractivity contribution < 1.29 is 13.6 Å². The summed E-state index contributed by atoms with van der Waals surface area (Å²) in [6, 6.07) is 9.67. The average Bonchev–Trinajstić information content (AvgIpc) is 2.31. The van der Waals surface area contributed by atoms with Gasteiger partial charge in [0.2, 0.25) is 0 Å². The van der Waals surface area contributed by atoms with Crippen molar-refractivity contribution in [3.05, 3.63) is 35.9 Å². The van der Waals surface area contributed by atoms with Crippen molar-refractivity contribution in [3.8, 4) is 0 Å². The highest BCUT2D eigenvalue weighted by molar-refractivity contribution is 7.54. The molecule has 2 N–H and O–H groups in total. The molecule has 1 rings (SSSR count). The average molecular weight is 257 g/mol. The molecule has 0 aliphatic heterocycles. The fourth-order valence-corrected chi connectivity index (χ4v) is 3.17. The minimum atomic E-state index is -3.20. The van der Waals surface area contributed by atoms with E-state index in [9.17, 15) is 4.57 Å². The number of hydrogen-bond donors (Lipinski definition) is 1. The second-order valence-corrected chi connectivity index (χ2v) is 5.89. The summed E-state index contributed by atoms with van der Waals surface area (Å²) in [5.41, 5.74) is 6.97. The number of benzene rings is 1. The van der Waals surface area contributed by atoms with Crippen LogP contribution < -0.4 is 5.73 Å². The van der Waals surface area contributed by atoms with E-state index in [0.29, 0.717) is 19.6 Å². The first-order valence-corrected chi connectivity index (χ1v) is 7.42. The van der Waals surface area contributed by atoms with Gasteiger partial charge in [-0.05, 0) is 25.8 Å². The van der Waals surface area contributed by atoms with Gasteiger partial charge in [0.25, 0.3) is 0 Å². The molecule has 1 aromatic carbocycles. The highest BCUT2D eigenvalue weighted by Crippen LogP contribution is 2.51. The maximum Gasteiger partial charge on any atom is 0.347 e. The Morgan fingerprint density at radius 2 is 1.71 bits per heavy atom. The zero-order valence-corrected chi connectivity index (χ0v) is 11.2. The molecule has 0 aromatic heterocycles. The standard InChI is InChI=1S/C12H20NO3P/c1-3-15-17(14,16-4-2)12(13)10-11-8-6-5-7-9-11/h5-9,12H,3-4,10,13H2,1-2H3. The van der Waals surface area contributed by atoms with E-state index in [1.807, 2.05) is 30.3 Å². The topological polar surface area (TPSA) is 61.5 Å². The Labute approximate surface area is 103 Å². The van der Waals surface area contributed by atoms with Crippen molar-refractivity contribution in [3.63, 3.8) is 0 Å². The molecule has 96 valence electrons. The smallest absolute Gasteiger partial charge is 0.317 e. The van der Waals surface area contributed by atoms with E-state index in [-0.39, 0.29) is 0 Å². The Morgan fingerprint density at radius 1 is 1.18 bits per heavy atom. The zero-order valence-electron chi connectivity index (χ0n) is 10.3. The monoisotopic (exact) mass is 257 g/mol. The molecule has 0 aliphatic rings. The number of nitrogens with two attached hydrogens (primary N) is 1. The molecule has 0 spiro atoms. The molecule has 17 heavy (non-hydrogen) atoms. The first-order valence-electron chi connectivity index (χ1n) is 5.80. The van der Waals surface area contributed by atoms with Crippen LogP contribution in [0.3, 0.4) is 0 Å². The fourth-order valence-electron chi connectivity index (χ4n) is 1.56. The molecule has 0 saturated heterocycles. The molecular formula is C12H20NO3P. The molecule has 4 nitrogen and oxygen atoms in total. The van der Waals surface area contributed by atoms with Crippen molar-refractivity contribution in [2.45, 2.75) is 26.1 Å². The van der Waals surface area contributed by atoms with Crippen LogP contribution in [0, 0.1) is 0 Å². The quantitative estimate of drug-likeness (QED) is 0.763. The molecular weight excluding hydrogens is 237 g/mol. The summed E-state index contributed by atoms with van der Waals surface area (Å²) in [6.45, 7) is 4.22. The molecule has 1 aromatic rings. The minimum absolute atomic E-state index is 0.333. The Kier molecular flexibility index (Phi) is 5.86. The first kappa shape index (κ1) is 14.4. The van der Waals surface area contributed by atoms with Crippen LogP contribution in [-0.2, 0) is 20.0 Å². The second kappa shape index (κ2) is 6.92. The van der Waals surface area contributed by atoms with Gasteiger partial charge in [-0.15, -0.1) is 0 Å². The Balaban J connectivity index is 2.72. The fraction of sp³-hybridized carbons (Fsp3) is 0.500. The van der Waals surface area contributed by atoms with E-state index in [2.05, 4.69) is 0 Å². The first-order chi connectivity index (χ1) is 8.12. The highest BCUT2D eigenvalue weighted by atomic mass is 31.2. The van der Waals surface area contributed by atoms with E-state index < -0.39 is 13.4 Å². The van der Waals surface area contributed by atoms with E-state index in [1.165, 1.54) is 0 Å². The summed E-state index contributed by atoms with van der Waals surface area (Å²) < 4.78 is 22.8. The van der Waals surface area contributed by atoms with E-state index in [1.54, 1.807) is 13.8 Å². The SMILES string of the molecule is CCOP(=O)(OCC)C(N)Cc1ccccc1. The van der Waals surface area contributed by atoms with Crippen LogP contribution in [-0.4, -0.2) is 19.0 Å². The summed E-state index contributed by atoms with van der Waals surface area (Å²) in [5.74, 6) is -0.621. The molecule has 0 saturated carbocycles. The van der Waals surface area contributed by atoms with Gasteiger partial charge >= 0.3 is 7.60 Å². The lowest BCUT2D eigenvalue weighted by Gasteiger charge is -2.23. The minimum Gasteiger partial charge on any atom is -0.317 e.